The highest BCUT2D eigenvalue weighted by atomic mass is 32.1. The molecule has 0 saturated carbocycles. The Morgan fingerprint density at radius 3 is 3.10 bits per heavy atom. The van der Waals surface area contributed by atoms with Gasteiger partial charge in [-0.2, -0.15) is 5.10 Å². The van der Waals surface area contributed by atoms with Gasteiger partial charge in [-0.25, -0.2) is 4.98 Å². The Hall–Kier alpha value is -2.25. The number of nitrogens with two attached hydrogens (primary N) is 1. The second kappa shape index (κ2) is 5.03. The van der Waals surface area contributed by atoms with Crippen molar-refractivity contribution in [2.75, 3.05) is 5.32 Å². The van der Waals surface area contributed by atoms with Crippen molar-refractivity contribution < 1.29 is 4.79 Å². The van der Waals surface area contributed by atoms with E-state index in [-0.39, 0.29) is 11.9 Å². The molecule has 3 rings (SSSR count). The third-order valence-corrected chi connectivity index (χ3v) is 3.89. The van der Waals surface area contributed by atoms with Crippen molar-refractivity contribution in [2.24, 2.45) is 5.73 Å². The van der Waals surface area contributed by atoms with Crippen molar-refractivity contribution in [1.29, 1.82) is 0 Å². The van der Waals surface area contributed by atoms with E-state index in [0.29, 0.717) is 11.4 Å². The Morgan fingerprint density at radius 1 is 1.50 bits per heavy atom. The maximum Gasteiger partial charge on any atom is 0.275 e. The largest absolute Gasteiger partial charge is 0.322 e. The molecule has 20 heavy (non-hydrogen) atoms. The molecule has 0 radical (unpaired) electrons. The number of anilines is 1. The molecule has 1 amide bonds. The quantitative estimate of drug-likeness (QED) is 0.688. The van der Waals surface area contributed by atoms with Crippen molar-refractivity contribution in [3.05, 3.63) is 40.5 Å². The fourth-order valence-corrected chi connectivity index (χ4v) is 2.57. The lowest BCUT2D eigenvalue weighted by atomic mass is 10.2. The first kappa shape index (κ1) is 12.8. The number of amides is 1. The number of thiazole rings is 1. The molecule has 1 atom stereocenters. The fourth-order valence-electron chi connectivity index (χ4n) is 1.81. The Morgan fingerprint density at radius 2 is 2.35 bits per heavy atom. The first-order valence-electron chi connectivity index (χ1n) is 6.09. The third kappa shape index (κ3) is 2.40. The molecule has 1 aromatic carbocycles. The molecular weight excluding hydrogens is 274 g/mol. The number of fused-ring (bicyclic) bond motifs is 1. The van der Waals surface area contributed by atoms with Gasteiger partial charge in [-0.15, -0.1) is 11.3 Å². The zero-order valence-electron chi connectivity index (χ0n) is 10.8. The van der Waals surface area contributed by atoms with Crippen LogP contribution < -0.4 is 11.1 Å². The van der Waals surface area contributed by atoms with Crippen molar-refractivity contribution in [3.63, 3.8) is 0 Å². The summed E-state index contributed by atoms with van der Waals surface area (Å²) in [6.07, 6.45) is 1.73. The number of rotatable bonds is 3. The molecule has 1 unspecified atom stereocenters. The van der Waals surface area contributed by atoms with Gasteiger partial charge in [0.15, 0.2) is 0 Å². The number of hydrogen-bond acceptors (Lipinski definition) is 5. The van der Waals surface area contributed by atoms with Gasteiger partial charge in [0.1, 0.15) is 10.7 Å². The van der Waals surface area contributed by atoms with Crippen LogP contribution in [0.5, 0.6) is 0 Å². The van der Waals surface area contributed by atoms with Crippen molar-refractivity contribution >= 4 is 33.8 Å². The standard InChI is InChI=1S/C13H13N5OS/c1-7(14)13-17-11(6-20-13)12(19)16-9-3-2-8-5-15-18-10(8)4-9/h2-7H,14H2,1H3,(H,15,18)(H,16,19). The number of carbonyl (C=O) groups is 1. The summed E-state index contributed by atoms with van der Waals surface area (Å²) in [5.41, 5.74) is 7.69. The molecule has 0 bridgehead atoms. The van der Waals surface area contributed by atoms with Crippen molar-refractivity contribution in [3.8, 4) is 0 Å². The Kier molecular flexibility index (Phi) is 3.21. The highest BCUT2D eigenvalue weighted by Gasteiger charge is 2.13. The van der Waals surface area contributed by atoms with Gasteiger partial charge in [0.25, 0.3) is 5.91 Å². The number of carbonyl (C=O) groups excluding carboxylic acids is 1. The number of nitrogens with zero attached hydrogens (tertiary/aromatic N) is 2. The van der Waals surface area contributed by atoms with Gasteiger partial charge in [-0.3, -0.25) is 9.89 Å². The first-order valence-corrected chi connectivity index (χ1v) is 6.97. The second-order valence-corrected chi connectivity index (χ2v) is 5.38. The van der Waals surface area contributed by atoms with Crippen LogP contribution in [0, 0.1) is 0 Å². The van der Waals surface area contributed by atoms with Gasteiger partial charge >= 0.3 is 0 Å². The summed E-state index contributed by atoms with van der Waals surface area (Å²) >= 11 is 1.39. The maximum atomic E-state index is 12.1. The van der Waals surface area contributed by atoms with Gasteiger partial charge < -0.3 is 11.1 Å². The zero-order chi connectivity index (χ0) is 14.1. The molecule has 0 aliphatic rings. The van der Waals surface area contributed by atoms with Crippen LogP contribution in [0.25, 0.3) is 10.9 Å². The van der Waals surface area contributed by atoms with Crippen LogP contribution in [0.15, 0.2) is 29.8 Å². The smallest absolute Gasteiger partial charge is 0.275 e. The predicted molar refractivity (Wildman–Crippen MR) is 78.8 cm³/mol. The van der Waals surface area contributed by atoms with E-state index < -0.39 is 0 Å². The summed E-state index contributed by atoms with van der Waals surface area (Å²) in [7, 11) is 0. The minimum absolute atomic E-state index is 0.164. The third-order valence-electron chi connectivity index (χ3n) is 2.84. The second-order valence-electron chi connectivity index (χ2n) is 4.49. The summed E-state index contributed by atoms with van der Waals surface area (Å²) in [6.45, 7) is 1.84. The highest BCUT2D eigenvalue weighted by Crippen LogP contribution is 2.19. The van der Waals surface area contributed by atoms with E-state index >= 15 is 0 Å². The van der Waals surface area contributed by atoms with Crippen LogP contribution in [0.1, 0.15) is 28.5 Å². The molecule has 0 aliphatic heterocycles. The van der Waals surface area contributed by atoms with Crippen molar-refractivity contribution in [1.82, 2.24) is 15.2 Å². The van der Waals surface area contributed by atoms with E-state index in [2.05, 4.69) is 20.5 Å². The van der Waals surface area contributed by atoms with Gasteiger partial charge in [-0.1, -0.05) is 0 Å². The summed E-state index contributed by atoms with van der Waals surface area (Å²) in [6, 6.07) is 5.39. The number of aromatic nitrogens is 3. The average molecular weight is 287 g/mol. The summed E-state index contributed by atoms with van der Waals surface area (Å²) in [4.78, 5) is 16.3. The lowest BCUT2D eigenvalue weighted by Crippen LogP contribution is -2.13. The summed E-state index contributed by atoms with van der Waals surface area (Å²) in [5.74, 6) is -0.244. The molecule has 4 N–H and O–H groups in total. The molecule has 7 heteroatoms. The van der Waals surface area contributed by atoms with E-state index in [1.54, 1.807) is 11.6 Å². The Bertz CT molecular complexity index is 761. The van der Waals surface area contributed by atoms with E-state index in [1.807, 2.05) is 25.1 Å². The number of nitrogens with one attached hydrogen (secondary N) is 2. The van der Waals surface area contributed by atoms with Gasteiger partial charge in [0, 0.05) is 16.5 Å². The minimum Gasteiger partial charge on any atom is -0.322 e. The lowest BCUT2D eigenvalue weighted by molar-refractivity contribution is 0.102. The number of aromatic amines is 1. The Labute approximate surface area is 119 Å². The molecule has 6 nitrogen and oxygen atoms in total. The average Bonchev–Trinajstić information content (AvgIpc) is 3.07. The zero-order valence-corrected chi connectivity index (χ0v) is 11.6. The molecule has 102 valence electrons. The number of H-pyrrole nitrogens is 1. The fraction of sp³-hybridized carbons (Fsp3) is 0.154. The van der Waals surface area contributed by atoms with Crippen LogP contribution in [0.4, 0.5) is 5.69 Å². The normalized spacial score (nSPS) is 12.5. The topological polar surface area (TPSA) is 96.7 Å². The van der Waals surface area contributed by atoms with Gasteiger partial charge in [0.2, 0.25) is 0 Å². The van der Waals surface area contributed by atoms with Gasteiger partial charge in [0.05, 0.1) is 17.8 Å². The van der Waals surface area contributed by atoms with E-state index in [0.717, 1.165) is 15.9 Å². The van der Waals surface area contributed by atoms with Crippen LogP contribution in [0.2, 0.25) is 0 Å². The van der Waals surface area contributed by atoms with Gasteiger partial charge in [-0.05, 0) is 25.1 Å². The molecule has 0 aliphatic carbocycles. The first-order chi connectivity index (χ1) is 9.63. The maximum absolute atomic E-state index is 12.1. The monoisotopic (exact) mass is 287 g/mol. The van der Waals surface area contributed by atoms with E-state index in [4.69, 9.17) is 5.73 Å². The molecule has 0 saturated heterocycles. The van der Waals surface area contributed by atoms with E-state index in [1.165, 1.54) is 11.3 Å². The number of hydrogen-bond donors (Lipinski definition) is 3. The molecular formula is C13H13N5OS. The summed E-state index contributed by atoms with van der Waals surface area (Å²) in [5, 5.41) is 13.1. The molecule has 0 fully saturated rings. The van der Waals surface area contributed by atoms with Crippen LogP contribution in [-0.2, 0) is 0 Å². The molecule has 0 spiro atoms. The van der Waals surface area contributed by atoms with E-state index in [9.17, 15) is 4.79 Å². The SMILES string of the molecule is CC(N)c1nc(C(=O)Nc2ccc3cn[nH]c3c2)cs1. The molecule has 2 aromatic heterocycles. The van der Waals surface area contributed by atoms with Crippen LogP contribution in [-0.4, -0.2) is 21.1 Å². The van der Waals surface area contributed by atoms with Crippen molar-refractivity contribution in [2.45, 2.75) is 13.0 Å². The predicted octanol–water partition coefficient (Wildman–Crippen LogP) is 2.29. The van der Waals surface area contributed by atoms with Crippen LogP contribution in [0.3, 0.4) is 0 Å². The highest BCUT2D eigenvalue weighted by molar-refractivity contribution is 7.09. The lowest BCUT2D eigenvalue weighted by Gasteiger charge is -2.03. The molecule has 3 aromatic rings. The molecule has 2 heterocycles. The Balaban J connectivity index is 1.80. The minimum atomic E-state index is -0.244. The summed E-state index contributed by atoms with van der Waals surface area (Å²) < 4.78 is 0. The number of benzene rings is 1. The van der Waals surface area contributed by atoms with Crippen LogP contribution >= 0.6 is 11.3 Å².